The number of fused-ring (bicyclic) bond motifs is 2. The van der Waals surface area contributed by atoms with Crippen molar-refractivity contribution in [3.8, 4) is 0 Å². The Morgan fingerprint density at radius 3 is 2.92 bits per heavy atom. The fraction of sp³-hybridized carbons (Fsp3) is 0.294. The van der Waals surface area contributed by atoms with Gasteiger partial charge in [-0.1, -0.05) is 18.2 Å². The van der Waals surface area contributed by atoms with Gasteiger partial charge in [0.15, 0.2) is 15.5 Å². The normalized spacial score (nSPS) is 18.7. The molecule has 0 fully saturated rings. The lowest BCUT2D eigenvalue weighted by Crippen LogP contribution is -2.14. The number of aryl methyl sites for hydroxylation is 2. The maximum absolute atomic E-state index is 12.3. The van der Waals surface area contributed by atoms with Crippen molar-refractivity contribution in [3.63, 3.8) is 0 Å². The zero-order chi connectivity index (χ0) is 16.9. The number of anilines is 1. The summed E-state index contributed by atoms with van der Waals surface area (Å²) in [4.78, 5) is 4.83. The summed E-state index contributed by atoms with van der Waals surface area (Å²) in [5.41, 5.74) is 3.56. The average molecular weight is 342 g/mol. The molecule has 3 heterocycles. The molecule has 0 saturated heterocycles. The number of pyridine rings is 1. The lowest BCUT2D eigenvalue weighted by Gasteiger charge is -2.13. The minimum absolute atomic E-state index is 0.0496. The van der Waals surface area contributed by atoms with Crippen molar-refractivity contribution in [1.29, 1.82) is 0 Å². The third kappa shape index (κ3) is 2.27. The van der Waals surface area contributed by atoms with Crippen LogP contribution in [0, 0.1) is 6.92 Å². The Bertz CT molecular complexity index is 1040. The summed E-state index contributed by atoms with van der Waals surface area (Å²) in [6.45, 7) is 2.51. The third-order valence-corrected chi connectivity index (χ3v) is 6.44. The van der Waals surface area contributed by atoms with E-state index in [1.165, 1.54) is 0 Å². The van der Waals surface area contributed by atoms with Crippen molar-refractivity contribution in [3.05, 3.63) is 47.8 Å². The molecule has 0 radical (unpaired) electrons. The zero-order valence-electron chi connectivity index (χ0n) is 13.5. The molecule has 3 aromatic rings. The van der Waals surface area contributed by atoms with Crippen LogP contribution in [0.25, 0.3) is 11.0 Å². The molecule has 1 N–H and O–H groups in total. The summed E-state index contributed by atoms with van der Waals surface area (Å²) >= 11 is 0. The summed E-state index contributed by atoms with van der Waals surface area (Å²) in [6.07, 6.45) is 1.74. The Balaban J connectivity index is 1.66. The van der Waals surface area contributed by atoms with E-state index in [9.17, 15) is 8.42 Å². The smallest absolute Gasteiger partial charge is 0.179 e. The standard InChI is InChI=1S/C17H18N4O2S/c1-11-16-14(7-8-18-17(16)21(2)20-11)19-9-12-10-24(22,23)15-6-4-3-5-13(12)15/h3-8,12H,9-10H2,1-2H3,(H,18,19)/t12-/m1/s1. The predicted octanol–water partition coefficient (Wildman–Crippen LogP) is 2.26. The number of hydrogen-bond acceptors (Lipinski definition) is 5. The van der Waals surface area contributed by atoms with Gasteiger partial charge in [0.2, 0.25) is 0 Å². The quantitative estimate of drug-likeness (QED) is 0.790. The highest BCUT2D eigenvalue weighted by Crippen LogP contribution is 2.35. The minimum Gasteiger partial charge on any atom is -0.384 e. The highest BCUT2D eigenvalue weighted by molar-refractivity contribution is 7.91. The van der Waals surface area contributed by atoms with Gasteiger partial charge in [-0.05, 0) is 24.6 Å². The number of sulfone groups is 1. The lowest BCUT2D eigenvalue weighted by molar-refractivity contribution is 0.598. The van der Waals surface area contributed by atoms with E-state index in [1.807, 2.05) is 32.2 Å². The number of nitrogens with zero attached hydrogens (tertiary/aromatic N) is 3. The molecule has 0 bridgehead atoms. The summed E-state index contributed by atoms with van der Waals surface area (Å²) in [6, 6.07) is 9.18. The van der Waals surface area contributed by atoms with Gasteiger partial charge in [-0.25, -0.2) is 13.4 Å². The Kier molecular flexibility index (Phi) is 3.35. The van der Waals surface area contributed by atoms with Gasteiger partial charge < -0.3 is 5.32 Å². The van der Waals surface area contributed by atoms with Crippen LogP contribution in [0.3, 0.4) is 0 Å². The van der Waals surface area contributed by atoms with Crippen LogP contribution in [0.1, 0.15) is 17.2 Å². The van der Waals surface area contributed by atoms with Gasteiger partial charge >= 0.3 is 0 Å². The largest absolute Gasteiger partial charge is 0.384 e. The van der Waals surface area contributed by atoms with Crippen molar-refractivity contribution in [2.24, 2.45) is 7.05 Å². The summed E-state index contributed by atoms with van der Waals surface area (Å²) in [7, 11) is -1.31. The van der Waals surface area contributed by atoms with E-state index in [0.717, 1.165) is 28.0 Å². The highest BCUT2D eigenvalue weighted by atomic mass is 32.2. The molecule has 124 valence electrons. The van der Waals surface area contributed by atoms with Gasteiger partial charge in [-0.3, -0.25) is 4.68 Å². The Labute approximate surface area is 140 Å². The minimum atomic E-state index is -3.17. The van der Waals surface area contributed by atoms with E-state index in [2.05, 4.69) is 15.4 Å². The van der Waals surface area contributed by atoms with E-state index in [-0.39, 0.29) is 11.7 Å². The molecule has 24 heavy (non-hydrogen) atoms. The molecule has 0 spiro atoms. The van der Waals surface area contributed by atoms with Crippen molar-refractivity contribution >= 4 is 26.6 Å². The molecule has 0 amide bonds. The van der Waals surface area contributed by atoms with Crippen molar-refractivity contribution in [2.75, 3.05) is 17.6 Å². The molecule has 1 aliphatic heterocycles. The van der Waals surface area contributed by atoms with Crippen LogP contribution in [-0.2, 0) is 16.9 Å². The van der Waals surface area contributed by atoms with E-state index in [4.69, 9.17) is 0 Å². The SMILES string of the molecule is Cc1nn(C)c2nccc(NC[C@@H]3CS(=O)(=O)c4ccccc43)c12. The maximum atomic E-state index is 12.3. The molecule has 1 aliphatic rings. The number of aromatic nitrogens is 3. The van der Waals surface area contributed by atoms with Crippen LogP contribution in [0.15, 0.2) is 41.4 Å². The Hall–Kier alpha value is -2.41. The van der Waals surface area contributed by atoms with Gasteiger partial charge in [0.05, 0.1) is 21.7 Å². The lowest BCUT2D eigenvalue weighted by atomic mass is 10.0. The fourth-order valence-corrected chi connectivity index (χ4v) is 5.36. The van der Waals surface area contributed by atoms with Gasteiger partial charge in [0.1, 0.15) is 0 Å². The van der Waals surface area contributed by atoms with E-state index < -0.39 is 9.84 Å². The zero-order valence-corrected chi connectivity index (χ0v) is 14.3. The van der Waals surface area contributed by atoms with Crippen LogP contribution < -0.4 is 5.32 Å². The molecule has 4 rings (SSSR count). The first kappa shape index (κ1) is 15.1. The second-order valence-corrected chi connectivity index (χ2v) is 8.17. The molecule has 0 unspecified atom stereocenters. The molecule has 0 saturated carbocycles. The summed E-state index contributed by atoms with van der Waals surface area (Å²) in [5.74, 6) is 0.103. The van der Waals surface area contributed by atoms with Crippen LogP contribution in [0.4, 0.5) is 5.69 Å². The van der Waals surface area contributed by atoms with E-state index in [0.29, 0.717) is 11.4 Å². The molecule has 6 nitrogen and oxygen atoms in total. The maximum Gasteiger partial charge on any atom is 0.179 e. The number of benzene rings is 1. The van der Waals surface area contributed by atoms with Gasteiger partial charge in [0.25, 0.3) is 0 Å². The second kappa shape index (κ2) is 5.31. The van der Waals surface area contributed by atoms with Crippen molar-refractivity contribution in [1.82, 2.24) is 14.8 Å². The molecule has 7 heteroatoms. The van der Waals surface area contributed by atoms with Gasteiger partial charge in [-0.2, -0.15) is 5.10 Å². The van der Waals surface area contributed by atoms with E-state index >= 15 is 0 Å². The molecular weight excluding hydrogens is 324 g/mol. The first-order valence-corrected chi connectivity index (χ1v) is 9.46. The molecule has 2 aromatic heterocycles. The average Bonchev–Trinajstić information content (AvgIpc) is 3.00. The van der Waals surface area contributed by atoms with Crippen molar-refractivity contribution in [2.45, 2.75) is 17.7 Å². The highest BCUT2D eigenvalue weighted by Gasteiger charge is 2.34. The van der Waals surface area contributed by atoms with Gasteiger partial charge in [0, 0.05) is 31.4 Å². The molecular formula is C17H18N4O2S. The number of rotatable bonds is 3. The first-order chi connectivity index (χ1) is 11.5. The number of hydrogen-bond donors (Lipinski definition) is 1. The van der Waals surface area contributed by atoms with Gasteiger partial charge in [-0.15, -0.1) is 0 Å². The van der Waals surface area contributed by atoms with Crippen LogP contribution in [0.2, 0.25) is 0 Å². The van der Waals surface area contributed by atoms with E-state index in [1.54, 1.807) is 23.0 Å². The molecule has 1 aromatic carbocycles. The van der Waals surface area contributed by atoms with Crippen molar-refractivity contribution < 1.29 is 8.42 Å². The Morgan fingerprint density at radius 1 is 1.29 bits per heavy atom. The van der Waals surface area contributed by atoms with Crippen LogP contribution in [-0.4, -0.2) is 35.5 Å². The third-order valence-electron chi connectivity index (χ3n) is 4.55. The summed E-state index contributed by atoms with van der Waals surface area (Å²) in [5, 5.41) is 8.79. The topological polar surface area (TPSA) is 76.9 Å². The predicted molar refractivity (Wildman–Crippen MR) is 93.0 cm³/mol. The first-order valence-electron chi connectivity index (χ1n) is 7.81. The molecule has 1 atom stereocenters. The van der Waals surface area contributed by atoms with Crippen LogP contribution >= 0.6 is 0 Å². The fourth-order valence-electron chi connectivity index (χ4n) is 3.47. The van der Waals surface area contributed by atoms with Crippen LogP contribution in [0.5, 0.6) is 0 Å². The summed E-state index contributed by atoms with van der Waals surface area (Å²) < 4.78 is 26.3. The molecule has 0 aliphatic carbocycles. The second-order valence-electron chi connectivity index (χ2n) is 6.16. The number of nitrogens with one attached hydrogen (secondary N) is 1. The monoisotopic (exact) mass is 342 g/mol. The Morgan fingerprint density at radius 2 is 2.08 bits per heavy atom.